The molecular formula is C20H18N2O2S. The summed E-state index contributed by atoms with van der Waals surface area (Å²) in [5, 5.41) is 10.0. The zero-order valence-corrected chi connectivity index (χ0v) is 15.0. The van der Waals surface area contributed by atoms with E-state index in [1.165, 1.54) is 0 Å². The van der Waals surface area contributed by atoms with Gasteiger partial charge in [-0.2, -0.15) is 5.26 Å². The minimum atomic E-state index is -0.169. The number of pyridine rings is 1. The average molecular weight is 350 g/mol. The van der Waals surface area contributed by atoms with Crippen molar-refractivity contribution in [1.82, 2.24) is 4.98 Å². The van der Waals surface area contributed by atoms with Gasteiger partial charge in [-0.3, -0.25) is 9.78 Å². The number of carbonyl (C=O) groups is 1. The monoisotopic (exact) mass is 350 g/mol. The number of nitriles is 1. The minimum absolute atomic E-state index is 0.102. The number of hydrogen-bond donors (Lipinski definition) is 0. The molecule has 0 aliphatic rings. The zero-order chi connectivity index (χ0) is 17.8. The summed E-state index contributed by atoms with van der Waals surface area (Å²) in [4.78, 5) is 17.2. The molecular weight excluding hydrogens is 332 g/mol. The maximum Gasteiger partial charge on any atom is 0.306 e. The van der Waals surface area contributed by atoms with Crippen molar-refractivity contribution >= 4 is 27.4 Å². The number of nitrogens with zero attached hydrogens (tertiary/aromatic N) is 2. The standard InChI is InChI=1S/C20H18N2O2S/c1-3-24-19(23)8-13(2)18-9-16-11-22-12-17(20(16)25-18)15-6-4-14(10-21)5-7-15/h4-7,9,11-13H,3,8H2,1-2H3/t13-/m0/s1. The van der Waals surface area contributed by atoms with Crippen LogP contribution in [-0.2, 0) is 9.53 Å². The molecule has 3 aromatic rings. The Hall–Kier alpha value is -2.71. The van der Waals surface area contributed by atoms with Gasteiger partial charge in [0.05, 0.1) is 24.7 Å². The molecule has 0 aliphatic heterocycles. The van der Waals surface area contributed by atoms with Gasteiger partial charge < -0.3 is 4.74 Å². The molecule has 0 aliphatic carbocycles. The molecule has 25 heavy (non-hydrogen) atoms. The third kappa shape index (κ3) is 3.70. The molecule has 2 heterocycles. The summed E-state index contributed by atoms with van der Waals surface area (Å²) in [5.74, 6) is -0.0665. The number of hydrogen-bond acceptors (Lipinski definition) is 5. The Bertz CT molecular complexity index is 938. The Kier molecular flexibility index (Phi) is 5.11. The van der Waals surface area contributed by atoms with Gasteiger partial charge in [0.1, 0.15) is 0 Å². The van der Waals surface area contributed by atoms with Crippen LogP contribution in [0.4, 0.5) is 0 Å². The van der Waals surface area contributed by atoms with Crippen molar-refractivity contribution in [2.75, 3.05) is 6.61 Å². The summed E-state index contributed by atoms with van der Waals surface area (Å²) in [6.07, 6.45) is 4.07. The predicted molar refractivity (Wildman–Crippen MR) is 99.4 cm³/mol. The Morgan fingerprint density at radius 2 is 2.08 bits per heavy atom. The fraction of sp³-hybridized carbons (Fsp3) is 0.250. The molecule has 0 saturated carbocycles. The molecule has 1 atom stereocenters. The van der Waals surface area contributed by atoms with E-state index in [0.717, 1.165) is 26.1 Å². The Morgan fingerprint density at radius 1 is 1.32 bits per heavy atom. The normalized spacial score (nSPS) is 11.9. The largest absolute Gasteiger partial charge is 0.466 e. The van der Waals surface area contributed by atoms with Crippen LogP contribution in [0.15, 0.2) is 42.7 Å². The Balaban J connectivity index is 1.95. The van der Waals surface area contributed by atoms with Crippen molar-refractivity contribution in [3.8, 4) is 17.2 Å². The second-order valence-electron chi connectivity index (χ2n) is 5.85. The lowest BCUT2D eigenvalue weighted by molar-refractivity contribution is -0.143. The van der Waals surface area contributed by atoms with Gasteiger partial charge in [-0.1, -0.05) is 19.1 Å². The summed E-state index contributed by atoms with van der Waals surface area (Å²) >= 11 is 1.68. The van der Waals surface area contributed by atoms with Gasteiger partial charge >= 0.3 is 5.97 Å². The van der Waals surface area contributed by atoms with Crippen LogP contribution in [0.25, 0.3) is 21.2 Å². The number of benzene rings is 1. The molecule has 2 aromatic heterocycles. The van der Waals surface area contributed by atoms with Crippen LogP contribution >= 0.6 is 11.3 Å². The molecule has 0 radical (unpaired) electrons. The first kappa shape index (κ1) is 17.1. The molecule has 0 N–H and O–H groups in total. The summed E-state index contributed by atoms with van der Waals surface area (Å²) in [7, 11) is 0. The fourth-order valence-corrected chi connectivity index (χ4v) is 3.94. The molecule has 3 rings (SSSR count). The van der Waals surface area contributed by atoms with Crippen molar-refractivity contribution in [3.63, 3.8) is 0 Å². The molecule has 1 aromatic carbocycles. The van der Waals surface area contributed by atoms with Crippen molar-refractivity contribution in [3.05, 3.63) is 53.2 Å². The van der Waals surface area contributed by atoms with Gasteiger partial charge in [0.15, 0.2) is 0 Å². The van der Waals surface area contributed by atoms with Crippen LogP contribution in [0.1, 0.15) is 36.6 Å². The summed E-state index contributed by atoms with van der Waals surface area (Å²) < 4.78 is 6.19. The second kappa shape index (κ2) is 7.45. The molecule has 4 nitrogen and oxygen atoms in total. The molecule has 5 heteroatoms. The van der Waals surface area contributed by atoms with Crippen LogP contribution in [0.5, 0.6) is 0 Å². The minimum Gasteiger partial charge on any atom is -0.466 e. The summed E-state index contributed by atoms with van der Waals surface area (Å²) in [6, 6.07) is 11.7. The first-order valence-corrected chi connectivity index (χ1v) is 8.97. The SMILES string of the molecule is CCOC(=O)C[C@H](C)c1cc2cncc(-c3ccc(C#N)cc3)c2s1. The molecule has 0 spiro atoms. The Labute approximate surface area is 150 Å². The maximum atomic E-state index is 11.7. The molecule has 126 valence electrons. The highest BCUT2D eigenvalue weighted by atomic mass is 32.1. The van der Waals surface area contributed by atoms with Crippen LogP contribution in [0, 0.1) is 11.3 Å². The highest BCUT2D eigenvalue weighted by Crippen LogP contribution is 2.37. The van der Waals surface area contributed by atoms with Gasteiger partial charge in [-0.15, -0.1) is 11.3 Å². The third-order valence-electron chi connectivity index (χ3n) is 4.03. The summed E-state index contributed by atoms with van der Waals surface area (Å²) in [6.45, 7) is 4.26. The lowest BCUT2D eigenvalue weighted by atomic mass is 10.0. The Morgan fingerprint density at radius 3 is 2.76 bits per heavy atom. The molecule has 0 saturated heterocycles. The van der Waals surface area contributed by atoms with E-state index in [1.807, 2.05) is 50.5 Å². The number of carbonyl (C=O) groups excluding carboxylic acids is 1. The quantitative estimate of drug-likeness (QED) is 0.615. The molecule has 0 amide bonds. The lowest BCUT2D eigenvalue weighted by Gasteiger charge is -2.08. The van der Waals surface area contributed by atoms with E-state index in [1.54, 1.807) is 11.3 Å². The highest BCUT2D eigenvalue weighted by Gasteiger charge is 2.16. The fourth-order valence-electron chi connectivity index (χ4n) is 2.73. The van der Waals surface area contributed by atoms with E-state index in [0.29, 0.717) is 18.6 Å². The third-order valence-corrected chi connectivity index (χ3v) is 5.45. The average Bonchev–Trinajstić information content (AvgIpc) is 3.06. The maximum absolute atomic E-state index is 11.7. The van der Waals surface area contributed by atoms with E-state index in [4.69, 9.17) is 10.00 Å². The van der Waals surface area contributed by atoms with Gasteiger partial charge in [-0.05, 0) is 30.7 Å². The van der Waals surface area contributed by atoms with E-state index in [-0.39, 0.29) is 11.9 Å². The van der Waals surface area contributed by atoms with Crippen LogP contribution in [0.2, 0.25) is 0 Å². The van der Waals surface area contributed by atoms with Gasteiger partial charge in [0.2, 0.25) is 0 Å². The van der Waals surface area contributed by atoms with Crippen LogP contribution in [0.3, 0.4) is 0 Å². The molecule has 0 unspecified atom stereocenters. The first-order valence-electron chi connectivity index (χ1n) is 8.16. The van der Waals surface area contributed by atoms with Gasteiger partial charge in [0.25, 0.3) is 0 Å². The van der Waals surface area contributed by atoms with E-state index >= 15 is 0 Å². The number of fused-ring (bicyclic) bond motifs is 1. The second-order valence-corrected chi connectivity index (χ2v) is 6.94. The number of rotatable bonds is 5. The van der Waals surface area contributed by atoms with Crippen molar-refractivity contribution in [2.45, 2.75) is 26.2 Å². The van der Waals surface area contributed by atoms with Crippen molar-refractivity contribution < 1.29 is 9.53 Å². The first-order chi connectivity index (χ1) is 12.1. The lowest BCUT2D eigenvalue weighted by Crippen LogP contribution is -2.07. The van der Waals surface area contributed by atoms with Crippen molar-refractivity contribution in [1.29, 1.82) is 5.26 Å². The smallest absolute Gasteiger partial charge is 0.306 e. The van der Waals surface area contributed by atoms with E-state index < -0.39 is 0 Å². The van der Waals surface area contributed by atoms with Gasteiger partial charge in [-0.25, -0.2) is 0 Å². The zero-order valence-electron chi connectivity index (χ0n) is 14.2. The number of ether oxygens (including phenoxy) is 1. The molecule has 0 bridgehead atoms. The van der Waals surface area contributed by atoms with E-state index in [9.17, 15) is 4.79 Å². The predicted octanol–water partition coefficient (Wildman–Crippen LogP) is 4.89. The van der Waals surface area contributed by atoms with E-state index in [2.05, 4.69) is 17.1 Å². The number of thiophene rings is 1. The van der Waals surface area contributed by atoms with Gasteiger partial charge in [0, 0.05) is 38.8 Å². The molecule has 0 fully saturated rings. The summed E-state index contributed by atoms with van der Waals surface area (Å²) in [5.41, 5.74) is 2.71. The van der Waals surface area contributed by atoms with Crippen molar-refractivity contribution in [2.24, 2.45) is 0 Å². The number of esters is 1. The van der Waals surface area contributed by atoms with Crippen LogP contribution in [-0.4, -0.2) is 17.6 Å². The number of aromatic nitrogens is 1. The topological polar surface area (TPSA) is 63.0 Å². The van der Waals surface area contributed by atoms with Crippen LogP contribution < -0.4 is 0 Å². The highest BCUT2D eigenvalue weighted by molar-refractivity contribution is 7.19.